The number of pyridine rings is 1. The van der Waals surface area contributed by atoms with Crippen LogP contribution in [0.15, 0.2) is 23.7 Å². The van der Waals surface area contributed by atoms with Gasteiger partial charge in [-0.25, -0.2) is 0 Å². The Hall–Kier alpha value is -0.970. The number of aromatic nitrogens is 1. The lowest BCUT2D eigenvalue weighted by Gasteiger charge is -2.11. The molecule has 2 aromatic heterocycles. The number of nitrogens with zero attached hydrogens (tertiary/aromatic N) is 1. The lowest BCUT2D eigenvalue weighted by Crippen LogP contribution is -2.11. The highest BCUT2D eigenvalue weighted by molar-refractivity contribution is 7.17. The maximum atomic E-state index is 6.10. The topological polar surface area (TPSA) is 48.1 Å². The van der Waals surface area contributed by atoms with E-state index < -0.39 is 0 Å². The summed E-state index contributed by atoms with van der Waals surface area (Å²) < 4.78 is 6.22. The molecule has 0 aromatic carbocycles. The van der Waals surface area contributed by atoms with Crippen molar-refractivity contribution >= 4 is 21.6 Å². The Kier molecular flexibility index (Phi) is 3.88. The Labute approximate surface area is 99.3 Å². The Bertz CT molecular complexity index is 455. The maximum Gasteiger partial charge on any atom is 0.0809 e. The van der Waals surface area contributed by atoms with E-state index in [-0.39, 0.29) is 6.04 Å². The summed E-state index contributed by atoms with van der Waals surface area (Å²) in [6.07, 6.45) is 3.80. The van der Waals surface area contributed by atoms with Gasteiger partial charge in [-0.2, -0.15) is 0 Å². The minimum atomic E-state index is 0.0640. The lowest BCUT2D eigenvalue weighted by atomic mass is 10.1. The summed E-state index contributed by atoms with van der Waals surface area (Å²) in [5.74, 6) is 0. The quantitative estimate of drug-likeness (QED) is 0.812. The van der Waals surface area contributed by atoms with Gasteiger partial charge in [0.2, 0.25) is 0 Å². The van der Waals surface area contributed by atoms with Crippen molar-refractivity contribution in [1.29, 1.82) is 0 Å². The van der Waals surface area contributed by atoms with Gasteiger partial charge in [-0.3, -0.25) is 4.98 Å². The summed E-state index contributed by atoms with van der Waals surface area (Å²) >= 11 is 1.70. The number of hydrogen-bond acceptors (Lipinski definition) is 4. The van der Waals surface area contributed by atoms with Crippen LogP contribution in [-0.4, -0.2) is 18.7 Å². The molecule has 2 rings (SSSR count). The Morgan fingerprint density at radius 3 is 3.25 bits per heavy atom. The zero-order chi connectivity index (χ0) is 11.4. The van der Waals surface area contributed by atoms with Crippen molar-refractivity contribution in [2.75, 3.05) is 13.7 Å². The fourth-order valence-corrected chi connectivity index (χ4v) is 2.47. The molecule has 86 valence electrons. The first-order chi connectivity index (χ1) is 7.81. The molecule has 0 aliphatic carbocycles. The van der Waals surface area contributed by atoms with Crippen LogP contribution in [0.25, 0.3) is 10.2 Å². The zero-order valence-electron chi connectivity index (χ0n) is 9.35. The fraction of sp³-hybridized carbons (Fsp3) is 0.417. The van der Waals surface area contributed by atoms with E-state index in [1.165, 1.54) is 4.70 Å². The van der Waals surface area contributed by atoms with Crippen molar-refractivity contribution in [3.05, 3.63) is 29.3 Å². The molecule has 0 spiro atoms. The van der Waals surface area contributed by atoms with Crippen molar-refractivity contribution in [3.8, 4) is 0 Å². The molecule has 0 aliphatic heterocycles. The molecule has 2 heterocycles. The van der Waals surface area contributed by atoms with Gasteiger partial charge in [-0.05, 0) is 35.9 Å². The number of thiophene rings is 1. The van der Waals surface area contributed by atoms with Gasteiger partial charge < -0.3 is 10.5 Å². The average Bonchev–Trinajstić information content (AvgIpc) is 2.76. The predicted octanol–water partition coefficient (Wildman–Crippen LogP) is 2.72. The summed E-state index contributed by atoms with van der Waals surface area (Å²) in [7, 11) is 1.71. The third kappa shape index (κ3) is 2.58. The second kappa shape index (κ2) is 5.39. The van der Waals surface area contributed by atoms with Crippen molar-refractivity contribution < 1.29 is 4.74 Å². The van der Waals surface area contributed by atoms with Gasteiger partial charge in [0.1, 0.15) is 0 Å². The Balaban J connectivity index is 2.07. The number of fused-ring (bicyclic) bond motifs is 1. The summed E-state index contributed by atoms with van der Waals surface area (Å²) in [6, 6.07) is 4.24. The van der Waals surface area contributed by atoms with Crippen LogP contribution in [0.1, 0.15) is 24.4 Å². The Morgan fingerprint density at radius 1 is 1.56 bits per heavy atom. The van der Waals surface area contributed by atoms with Crippen molar-refractivity contribution in [3.63, 3.8) is 0 Å². The van der Waals surface area contributed by atoms with Crippen LogP contribution in [0.4, 0.5) is 0 Å². The van der Waals surface area contributed by atoms with Crippen LogP contribution in [0.5, 0.6) is 0 Å². The molecule has 0 bridgehead atoms. The monoisotopic (exact) mass is 236 g/mol. The van der Waals surface area contributed by atoms with Gasteiger partial charge in [0.15, 0.2) is 0 Å². The summed E-state index contributed by atoms with van der Waals surface area (Å²) in [6.45, 7) is 0.766. The smallest absolute Gasteiger partial charge is 0.0809 e. The van der Waals surface area contributed by atoms with Crippen molar-refractivity contribution in [1.82, 2.24) is 4.98 Å². The normalized spacial score (nSPS) is 13.1. The van der Waals surface area contributed by atoms with Crippen LogP contribution in [-0.2, 0) is 4.74 Å². The van der Waals surface area contributed by atoms with Gasteiger partial charge in [0.05, 0.1) is 10.2 Å². The second-order valence-electron chi connectivity index (χ2n) is 3.81. The van der Waals surface area contributed by atoms with Gasteiger partial charge in [-0.15, -0.1) is 11.3 Å². The fourth-order valence-electron chi connectivity index (χ4n) is 1.68. The van der Waals surface area contributed by atoms with Crippen LogP contribution in [0.2, 0.25) is 0 Å². The minimum absolute atomic E-state index is 0.0640. The number of hydrogen-bond donors (Lipinski definition) is 1. The molecule has 0 radical (unpaired) electrons. The molecule has 0 amide bonds. The SMILES string of the molecule is COCCCC(N)c1cnc2ccsc2c1. The highest BCUT2D eigenvalue weighted by Crippen LogP contribution is 2.23. The minimum Gasteiger partial charge on any atom is -0.385 e. The van der Waals surface area contributed by atoms with Crippen LogP contribution < -0.4 is 5.73 Å². The third-order valence-electron chi connectivity index (χ3n) is 2.62. The molecule has 2 N–H and O–H groups in total. The standard InChI is InChI=1S/C12H16N2OS/c1-15-5-2-3-10(13)9-7-12-11(14-8-9)4-6-16-12/h4,6-8,10H,2-3,5,13H2,1H3. The largest absolute Gasteiger partial charge is 0.385 e. The second-order valence-corrected chi connectivity index (χ2v) is 4.76. The number of nitrogens with two attached hydrogens (primary N) is 1. The highest BCUT2D eigenvalue weighted by Gasteiger charge is 2.07. The number of ether oxygens (including phenoxy) is 1. The lowest BCUT2D eigenvalue weighted by molar-refractivity contribution is 0.190. The Morgan fingerprint density at radius 2 is 2.44 bits per heavy atom. The summed E-state index contributed by atoms with van der Waals surface area (Å²) in [4.78, 5) is 4.39. The van der Waals surface area contributed by atoms with Gasteiger partial charge in [0, 0.05) is 26.0 Å². The summed E-state index contributed by atoms with van der Waals surface area (Å²) in [5, 5.41) is 2.05. The average molecular weight is 236 g/mol. The number of methoxy groups -OCH3 is 1. The molecular weight excluding hydrogens is 220 g/mol. The molecule has 16 heavy (non-hydrogen) atoms. The van der Waals surface area contributed by atoms with Gasteiger partial charge in [0.25, 0.3) is 0 Å². The third-order valence-corrected chi connectivity index (χ3v) is 3.47. The van der Waals surface area contributed by atoms with E-state index in [4.69, 9.17) is 10.5 Å². The van der Waals surface area contributed by atoms with Gasteiger partial charge >= 0.3 is 0 Å². The zero-order valence-corrected chi connectivity index (χ0v) is 10.2. The summed E-state index contributed by atoms with van der Waals surface area (Å²) in [5.41, 5.74) is 8.27. The van der Waals surface area contributed by atoms with Crippen molar-refractivity contribution in [2.45, 2.75) is 18.9 Å². The predicted molar refractivity (Wildman–Crippen MR) is 67.7 cm³/mol. The molecule has 2 aromatic rings. The molecule has 1 unspecified atom stereocenters. The molecular formula is C12H16N2OS. The van der Waals surface area contributed by atoms with Crippen LogP contribution in [0, 0.1) is 0 Å². The first-order valence-corrected chi connectivity index (χ1v) is 6.27. The van der Waals surface area contributed by atoms with Crippen LogP contribution in [0.3, 0.4) is 0 Å². The van der Waals surface area contributed by atoms with Gasteiger partial charge in [-0.1, -0.05) is 0 Å². The van der Waals surface area contributed by atoms with E-state index in [0.717, 1.165) is 30.5 Å². The first-order valence-electron chi connectivity index (χ1n) is 5.39. The first kappa shape index (κ1) is 11.5. The van der Waals surface area contributed by atoms with Crippen molar-refractivity contribution in [2.24, 2.45) is 5.73 Å². The van der Waals surface area contributed by atoms with E-state index in [1.54, 1.807) is 18.4 Å². The highest BCUT2D eigenvalue weighted by atomic mass is 32.1. The van der Waals surface area contributed by atoms with E-state index in [9.17, 15) is 0 Å². The number of rotatable bonds is 5. The maximum absolute atomic E-state index is 6.10. The molecule has 3 nitrogen and oxygen atoms in total. The van der Waals surface area contributed by atoms with E-state index in [1.807, 2.05) is 12.3 Å². The molecule has 0 fully saturated rings. The molecule has 4 heteroatoms. The molecule has 1 atom stereocenters. The molecule has 0 saturated heterocycles. The van der Waals surface area contributed by atoms with E-state index in [0.29, 0.717) is 0 Å². The molecule has 0 saturated carbocycles. The van der Waals surface area contributed by atoms with E-state index >= 15 is 0 Å². The molecule has 0 aliphatic rings. The van der Waals surface area contributed by atoms with E-state index in [2.05, 4.69) is 16.4 Å². The van der Waals surface area contributed by atoms with Crippen LogP contribution >= 0.6 is 11.3 Å².